The molecule has 2 aromatic heterocycles. The fourth-order valence-electron chi connectivity index (χ4n) is 3.56. The third kappa shape index (κ3) is 2.66. The predicted molar refractivity (Wildman–Crippen MR) is 102 cm³/mol. The Kier molecular flexibility index (Phi) is 4.38. The van der Waals surface area contributed by atoms with E-state index in [1.54, 1.807) is 21.4 Å². The van der Waals surface area contributed by atoms with Gasteiger partial charge in [-0.25, -0.2) is 9.78 Å². The molecule has 0 saturated carbocycles. The van der Waals surface area contributed by atoms with E-state index in [0.29, 0.717) is 28.6 Å². The zero-order chi connectivity index (χ0) is 18.3. The van der Waals surface area contributed by atoms with Crippen LogP contribution in [0.1, 0.15) is 23.2 Å². The maximum Gasteiger partial charge on any atom is 0.349 e. The molecule has 26 heavy (non-hydrogen) atoms. The van der Waals surface area contributed by atoms with Crippen molar-refractivity contribution in [3.8, 4) is 17.0 Å². The molecule has 7 heteroatoms. The topological polar surface area (TPSA) is 59.0 Å². The van der Waals surface area contributed by atoms with E-state index in [-0.39, 0.29) is 17.5 Å². The normalized spacial score (nSPS) is 15.8. The molecule has 1 atom stereocenters. The first kappa shape index (κ1) is 17.0. The lowest BCUT2D eigenvalue weighted by Crippen LogP contribution is -2.55. The maximum atomic E-state index is 13.3. The number of nitrogens with zero attached hydrogens (tertiary/aromatic N) is 3. The second kappa shape index (κ2) is 6.70. The van der Waals surface area contributed by atoms with Crippen LogP contribution in [0.25, 0.3) is 11.1 Å². The maximum absolute atomic E-state index is 13.3. The van der Waals surface area contributed by atoms with Gasteiger partial charge in [-0.15, -0.1) is 11.3 Å². The molecule has 0 radical (unpaired) electrons. The van der Waals surface area contributed by atoms with Gasteiger partial charge in [0.25, 0.3) is 11.7 Å². The summed E-state index contributed by atoms with van der Waals surface area (Å²) < 4.78 is 4.00. The summed E-state index contributed by atoms with van der Waals surface area (Å²) in [6.45, 7) is 4.21. The molecular weight excluding hydrogens is 370 g/mol. The summed E-state index contributed by atoms with van der Waals surface area (Å²) in [6.07, 6.45) is 4.90. The summed E-state index contributed by atoms with van der Waals surface area (Å²) in [5, 5.41) is 10.9. The number of thiazole rings is 1. The highest BCUT2D eigenvalue weighted by Crippen LogP contribution is 2.33. The molecule has 3 aromatic rings. The average molecular weight is 387 g/mol. The summed E-state index contributed by atoms with van der Waals surface area (Å²) in [7, 11) is 0. The molecule has 1 N–H and O–H groups in total. The highest BCUT2D eigenvalue weighted by atomic mass is 35.5. The van der Waals surface area contributed by atoms with Gasteiger partial charge in [0.2, 0.25) is 0 Å². The quantitative estimate of drug-likeness (QED) is 0.552. The first-order chi connectivity index (χ1) is 12.6. The van der Waals surface area contributed by atoms with Crippen molar-refractivity contribution >= 4 is 22.9 Å². The predicted octanol–water partition coefficient (Wildman–Crippen LogP) is 3.34. The van der Waals surface area contributed by atoms with E-state index in [9.17, 15) is 9.90 Å². The molecule has 0 fully saturated rings. The van der Waals surface area contributed by atoms with Crippen molar-refractivity contribution in [1.29, 1.82) is 0 Å². The lowest BCUT2D eigenvalue weighted by atomic mass is 10.1. The van der Waals surface area contributed by atoms with Gasteiger partial charge in [0.05, 0.1) is 11.3 Å². The van der Waals surface area contributed by atoms with Gasteiger partial charge in [-0.2, -0.15) is 9.13 Å². The van der Waals surface area contributed by atoms with Crippen LogP contribution in [0, 0.1) is 0 Å². The summed E-state index contributed by atoms with van der Waals surface area (Å²) in [5.41, 5.74) is 0.797. The van der Waals surface area contributed by atoms with Crippen LogP contribution in [0.4, 0.5) is 0 Å². The molecule has 0 aliphatic carbocycles. The third-order valence-electron chi connectivity index (χ3n) is 4.65. The molecule has 4 rings (SSSR count). The molecule has 1 aromatic carbocycles. The van der Waals surface area contributed by atoms with Crippen LogP contribution in [-0.2, 0) is 13.0 Å². The number of hydrogen-bond donors (Lipinski definition) is 1. The Labute approximate surface area is 159 Å². The van der Waals surface area contributed by atoms with E-state index < -0.39 is 0 Å². The van der Waals surface area contributed by atoms with E-state index in [1.165, 1.54) is 11.3 Å². The number of aromatic hydroxyl groups is 1. The monoisotopic (exact) mass is 386 g/mol. The van der Waals surface area contributed by atoms with Gasteiger partial charge in [0, 0.05) is 12.6 Å². The summed E-state index contributed by atoms with van der Waals surface area (Å²) in [5.74, 6) is 0.775. The van der Waals surface area contributed by atoms with Crippen LogP contribution < -0.4 is 10.1 Å². The van der Waals surface area contributed by atoms with E-state index in [4.69, 9.17) is 11.6 Å². The van der Waals surface area contributed by atoms with Crippen LogP contribution in [0.5, 0.6) is 5.88 Å². The number of allylic oxidation sites excluding steroid dienone is 1. The molecule has 3 heterocycles. The first-order valence-corrected chi connectivity index (χ1v) is 9.49. The van der Waals surface area contributed by atoms with Gasteiger partial charge >= 0.3 is 5.56 Å². The van der Waals surface area contributed by atoms with E-state index in [0.717, 1.165) is 17.1 Å². The second-order valence-electron chi connectivity index (χ2n) is 6.13. The summed E-state index contributed by atoms with van der Waals surface area (Å²) in [6, 6.07) is 9.12. The van der Waals surface area contributed by atoms with Crippen molar-refractivity contribution in [3.05, 3.63) is 74.7 Å². The minimum atomic E-state index is -0.198. The van der Waals surface area contributed by atoms with Gasteiger partial charge < -0.3 is 5.11 Å². The van der Waals surface area contributed by atoms with Gasteiger partial charge in [0.1, 0.15) is 12.6 Å². The Balaban J connectivity index is 2.00. The summed E-state index contributed by atoms with van der Waals surface area (Å²) in [4.78, 5) is 18.4. The lowest BCUT2D eigenvalue weighted by molar-refractivity contribution is -0.723. The van der Waals surface area contributed by atoms with E-state index in [1.807, 2.05) is 30.3 Å². The number of halogens is 1. The Bertz CT molecular complexity index is 1040. The van der Waals surface area contributed by atoms with Crippen molar-refractivity contribution in [2.24, 2.45) is 0 Å². The van der Waals surface area contributed by atoms with Crippen LogP contribution in [0.3, 0.4) is 0 Å². The Morgan fingerprint density at radius 1 is 1.42 bits per heavy atom. The number of rotatable bonds is 4. The zero-order valence-corrected chi connectivity index (χ0v) is 15.5. The minimum absolute atomic E-state index is 0.0182. The average Bonchev–Trinajstić information content (AvgIpc) is 3.26. The minimum Gasteiger partial charge on any atom is -0.477 e. The van der Waals surface area contributed by atoms with E-state index >= 15 is 0 Å². The van der Waals surface area contributed by atoms with Gasteiger partial charge in [-0.1, -0.05) is 54.6 Å². The zero-order valence-electron chi connectivity index (χ0n) is 13.9. The van der Waals surface area contributed by atoms with Crippen LogP contribution in [0.2, 0.25) is 4.47 Å². The molecule has 0 amide bonds. The Morgan fingerprint density at radius 3 is 2.85 bits per heavy atom. The third-order valence-corrected chi connectivity index (χ3v) is 5.87. The highest BCUT2D eigenvalue weighted by molar-refractivity contribution is 7.15. The largest absolute Gasteiger partial charge is 0.477 e. The van der Waals surface area contributed by atoms with Crippen LogP contribution in [-0.4, -0.2) is 14.7 Å². The molecule has 0 spiro atoms. The standard InChI is InChI=1S/C19H16ClN3O2S/c1-2-10-22-15-9-8-13(14-11-21-19(20)26-14)23(15)18(25)16(17(22)24)12-6-4-3-5-7-12/h2-7,11,13H,1,8-10H2/p+1. The highest BCUT2D eigenvalue weighted by Gasteiger charge is 2.39. The van der Waals surface area contributed by atoms with Crippen LogP contribution in [0.15, 0.2) is 54.0 Å². The fourth-order valence-corrected chi connectivity index (χ4v) is 4.64. The molecule has 132 valence electrons. The second-order valence-corrected chi connectivity index (χ2v) is 7.77. The molecule has 5 nitrogen and oxygen atoms in total. The van der Waals surface area contributed by atoms with Crippen molar-refractivity contribution in [2.45, 2.75) is 25.4 Å². The molecular formula is C19H17ClN3O2S+. The van der Waals surface area contributed by atoms with Gasteiger partial charge in [0.15, 0.2) is 10.0 Å². The van der Waals surface area contributed by atoms with Crippen molar-refractivity contribution in [3.63, 3.8) is 0 Å². The van der Waals surface area contributed by atoms with Crippen molar-refractivity contribution < 1.29 is 9.67 Å². The van der Waals surface area contributed by atoms with Crippen molar-refractivity contribution in [1.82, 2.24) is 9.55 Å². The number of hydrogen-bond acceptors (Lipinski definition) is 4. The molecule has 1 unspecified atom stereocenters. The molecule has 0 saturated heterocycles. The molecule has 0 bridgehead atoms. The Morgan fingerprint density at radius 2 is 2.19 bits per heavy atom. The molecule has 1 aliphatic rings. The molecule has 1 aliphatic heterocycles. The fraction of sp³-hybridized carbons (Fsp3) is 0.211. The number of fused-ring (bicyclic) bond motifs is 1. The smallest absolute Gasteiger partial charge is 0.349 e. The number of benzene rings is 1. The Hall–Kier alpha value is -2.44. The van der Waals surface area contributed by atoms with Crippen molar-refractivity contribution in [2.75, 3.05) is 0 Å². The van der Waals surface area contributed by atoms with E-state index in [2.05, 4.69) is 11.6 Å². The van der Waals surface area contributed by atoms with Gasteiger partial charge in [-0.3, -0.25) is 0 Å². The summed E-state index contributed by atoms with van der Waals surface area (Å²) >= 11 is 7.39. The SMILES string of the molecule is C=CCn1c(O)c(-c2ccccc2)c(=O)[n+]2c1CCC2c1cnc(Cl)s1. The lowest BCUT2D eigenvalue weighted by Gasteiger charge is -2.12. The van der Waals surface area contributed by atoms with Crippen LogP contribution >= 0.6 is 22.9 Å². The number of aromatic nitrogens is 3. The van der Waals surface area contributed by atoms with Gasteiger partial charge in [-0.05, 0) is 5.56 Å². The first-order valence-electron chi connectivity index (χ1n) is 8.29.